The molecular weight excluding hydrogens is 222 g/mol. The molecule has 0 aliphatic rings. The van der Waals surface area contributed by atoms with Gasteiger partial charge in [0.25, 0.3) is 0 Å². The Morgan fingerprint density at radius 3 is 2.67 bits per heavy atom. The zero-order valence-corrected chi connectivity index (χ0v) is 9.43. The Hall–Kier alpha value is -0.0900. The van der Waals surface area contributed by atoms with Crippen molar-refractivity contribution in [3.05, 3.63) is 0 Å². The Bertz CT molecular complexity index is 141. The second kappa shape index (κ2) is 6.43. The fourth-order valence-electron chi connectivity index (χ4n) is 0.856. The monoisotopic (exact) mass is 237 g/mol. The second-order valence-corrected chi connectivity index (χ2v) is 3.54. The normalized spacial score (nSPS) is 12.7. The van der Waals surface area contributed by atoms with Gasteiger partial charge in [-0.3, -0.25) is 4.79 Å². The number of rotatable bonds is 5. The molecule has 4 heteroatoms. The number of hydrogen-bond donors (Lipinski definition) is 0. The van der Waals surface area contributed by atoms with E-state index in [2.05, 4.69) is 15.9 Å². The molecule has 0 heterocycles. The average molecular weight is 238 g/mol. The van der Waals surface area contributed by atoms with E-state index in [9.17, 15) is 4.79 Å². The highest BCUT2D eigenvalue weighted by Crippen LogP contribution is 2.00. The molecule has 0 rings (SSSR count). The third-order valence-corrected chi connectivity index (χ3v) is 2.17. The van der Waals surface area contributed by atoms with Crippen LogP contribution in [-0.2, 0) is 9.53 Å². The van der Waals surface area contributed by atoms with E-state index >= 15 is 0 Å². The number of carbonyl (C=O) groups is 1. The van der Waals surface area contributed by atoms with E-state index in [-0.39, 0.29) is 11.9 Å². The lowest BCUT2D eigenvalue weighted by atomic mass is 10.3. The zero-order valence-electron chi connectivity index (χ0n) is 7.84. The maximum atomic E-state index is 11.3. The third kappa shape index (κ3) is 4.07. The molecule has 72 valence electrons. The molecule has 0 aromatic heterocycles. The summed E-state index contributed by atoms with van der Waals surface area (Å²) in [6, 6.07) is 0.154. The fourth-order valence-corrected chi connectivity index (χ4v) is 1.20. The lowest BCUT2D eigenvalue weighted by Gasteiger charge is -2.23. The van der Waals surface area contributed by atoms with E-state index in [1.54, 1.807) is 19.1 Å². The molecule has 12 heavy (non-hydrogen) atoms. The van der Waals surface area contributed by atoms with Gasteiger partial charge in [-0.05, 0) is 6.92 Å². The van der Waals surface area contributed by atoms with Crippen molar-refractivity contribution >= 4 is 21.8 Å². The number of ether oxygens (including phenoxy) is 1. The first-order valence-electron chi connectivity index (χ1n) is 3.94. The van der Waals surface area contributed by atoms with Gasteiger partial charge in [-0.1, -0.05) is 15.9 Å². The van der Waals surface area contributed by atoms with Gasteiger partial charge in [0, 0.05) is 25.9 Å². The minimum atomic E-state index is 0.149. The molecule has 1 unspecified atom stereocenters. The largest absolute Gasteiger partial charge is 0.383 e. The highest BCUT2D eigenvalue weighted by atomic mass is 79.9. The molecule has 0 N–H and O–H groups in total. The van der Waals surface area contributed by atoms with Crippen LogP contribution >= 0.6 is 15.9 Å². The van der Waals surface area contributed by atoms with Gasteiger partial charge in [-0.25, -0.2) is 0 Å². The molecule has 0 radical (unpaired) electrons. The minimum Gasteiger partial charge on any atom is -0.383 e. The zero-order chi connectivity index (χ0) is 9.56. The molecule has 1 atom stereocenters. The molecule has 0 saturated carbocycles. The summed E-state index contributed by atoms with van der Waals surface area (Å²) in [7, 11) is 3.44. The van der Waals surface area contributed by atoms with Gasteiger partial charge in [-0.15, -0.1) is 0 Å². The SMILES string of the molecule is COCC(C)N(C)C(=O)CCBr. The number of amides is 1. The maximum absolute atomic E-state index is 11.3. The number of carbonyl (C=O) groups excluding carboxylic acids is 1. The van der Waals surface area contributed by atoms with Crippen molar-refractivity contribution < 1.29 is 9.53 Å². The highest BCUT2D eigenvalue weighted by Gasteiger charge is 2.13. The van der Waals surface area contributed by atoms with Crippen molar-refractivity contribution in [3.63, 3.8) is 0 Å². The Morgan fingerprint density at radius 1 is 1.67 bits per heavy atom. The van der Waals surface area contributed by atoms with Crippen LogP contribution in [0.3, 0.4) is 0 Å². The van der Waals surface area contributed by atoms with Crippen molar-refractivity contribution in [2.24, 2.45) is 0 Å². The Morgan fingerprint density at radius 2 is 2.25 bits per heavy atom. The summed E-state index contributed by atoms with van der Waals surface area (Å²) in [6.45, 7) is 2.56. The predicted octanol–water partition coefficient (Wildman–Crippen LogP) is 1.26. The van der Waals surface area contributed by atoms with E-state index in [4.69, 9.17) is 4.74 Å². The van der Waals surface area contributed by atoms with Crippen LogP contribution in [0.4, 0.5) is 0 Å². The highest BCUT2D eigenvalue weighted by molar-refractivity contribution is 9.09. The van der Waals surface area contributed by atoms with Crippen LogP contribution in [0.1, 0.15) is 13.3 Å². The summed E-state index contributed by atoms with van der Waals surface area (Å²) in [5.41, 5.74) is 0. The van der Waals surface area contributed by atoms with Crippen molar-refractivity contribution in [2.75, 3.05) is 26.1 Å². The summed E-state index contributed by atoms with van der Waals surface area (Å²) >= 11 is 3.23. The first-order valence-corrected chi connectivity index (χ1v) is 5.06. The van der Waals surface area contributed by atoms with Gasteiger partial charge in [0.1, 0.15) is 0 Å². The topological polar surface area (TPSA) is 29.5 Å². The van der Waals surface area contributed by atoms with Crippen molar-refractivity contribution in [3.8, 4) is 0 Å². The quantitative estimate of drug-likeness (QED) is 0.675. The van der Waals surface area contributed by atoms with Crippen LogP contribution in [0, 0.1) is 0 Å². The first kappa shape index (κ1) is 11.9. The molecule has 0 bridgehead atoms. The van der Waals surface area contributed by atoms with Crippen LogP contribution in [-0.4, -0.2) is 42.9 Å². The summed E-state index contributed by atoms with van der Waals surface area (Å²) in [6.07, 6.45) is 0.546. The molecule has 0 fully saturated rings. The van der Waals surface area contributed by atoms with E-state index in [0.29, 0.717) is 13.0 Å². The number of alkyl halides is 1. The van der Waals surface area contributed by atoms with Gasteiger partial charge in [-0.2, -0.15) is 0 Å². The van der Waals surface area contributed by atoms with Crippen LogP contribution < -0.4 is 0 Å². The van der Waals surface area contributed by atoms with Crippen molar-refractivity contribution in [1.82, 2.24) is 4.90 Å². The third-order valence-electron chi connectivity index (χ3n) is 1.77. The molecule has 0 aliphatic heterocycles. The van der Waals surface area contributed by atoms with Crippen molar-refractivity contribution in [2.45, 2.75) is 19.4 Å². The number of nitrogens with zero attached hydrogens (tertiary/aromatic N) is 1. The van der Waals surface area contributed by atoms with Gasteiger partial charge in [0.2, 0.25) is 5.91 Å². The maximum Gasteiger partial charge on any atom is 0.223 e. The van der Waals surface area contributed by atoms with Gasteiger partial charge >= 0.3 is 0 Å². The van der Waals surface area contributed by atoms with Gasteiger partial charge in [0.15, 0.2) is 0 Å². The second-order valence-electron chi connectivity index (χ2n) is 2.75. The Labute approximate surface area is 82.2 Å². The summed E-state index contributed by atoms with van der Waals surface area (Å²) in [4.78, 5) is 13.0. The smallest absolute Gasteiger partial charge is 0.223 e. The van der Waals surface area contributed by atoms with Crippen molar-refractivity contribution in [1.29, 1.82) is 0 Å². The molecule has 0 aromatic carbocycles. The summed E-state index contributed by atoms with van der Waals surface area (Å²) in [5.74, 6) is 0.149. The van der Waals surface area contributed by atoms with Crippen LogP contribution in [0.15, 0.2) is 0 Å². The first-order chi connectivity index (χ1) is 5.63. The van der Waals surface area contributed by atoms with E-state index < -0.39 is 0 Å². The standard InChI is InChI=1S/C8H16BrNO2/c1-7(6-12-3)10(2)8(11)4-5-9/h7H,4-6H2,1-3H3. The van der Waals surface area contributed by atoms with Crippen LogP contribution in [0.5, 0.6) is 0 Å². The lowest BCUT2D eigenvalue weighted by Crippen LogP contribution is -2.37. The molecule has 0 spiro atoms. The number of halogens is 1. The van der Waals surface area contributed by atoms with Crippen LogP contribution in [0.25, 0.3) is 0 Å². The fraction of sp³-hybridized carbons (Fsp3) is 0.875. The Balaban J connectivity index is 3.82. The summed E-state index contributed by atoms with van der Waals surface area (Å²) in [5, 5.41) is 0.718. The number of likely N-dealkylation sites (N-methyl/N-ethyl adjacent to an activating group) is 1. The molecule has 0 aliphatic carbocycles. The molecule has 0 saturated heterocycles. The molecule has 0 aromatic rings. The average Bonchev–Trinajstić information content (AvgIpc) is 2.04. The predicted molar refractivity (Wildman–Crippen MR) is 52.5 cm³/mol. The minimum absolute atomic E-state index is 0.149. The number of hydrogen-bond acceptors (Lipinski definition) is 2. The summed E-state index contributed by atoms with van der Waals surface area (Å²) < 4.78 is 4.95. The van der Waals surface area contributed by atoms with E-state index in [1.165, 1.54) is 0 Å². The number of methoxy groups -OCH3 is 1. The lowest BCUT2D eigenvalue weighted by molar-refractivity contribution is -0.132. The molecule has 3 nitrogen and oxygen atoms in total. The molecular formula is C8H16BrNO2. The van der Waals surface area contributed by atoms with E-state index in [1.807, 2.05) is 6.92 Å². The van der Waals surface area contributed by atoms with Crippen LogP contribution in [0.2, 0.25) is 0 Å². The molecule has 1 amide bonds. The Kier molecular flexibility index (Phi) is 6.38. The van der Waals surface area contributed by atoms with Gasteiger partial charge in [0.05, 0.1) is 12.6 Å². The van der Waals surface area contributed by atoms with Gasteiger partial charge < -0.3 is 9.64 Å². The van der Waals surface area contributed by atoms with E-state index in [0.717, 1.165) is 5.33 Å².